The van der Waals surface area contributed by atoms with Crippen LogP contribution in [0.15, 0.2) is 18.2 Å². The molecule has 0 saturated heterocycles. The summed E-state index contributed by atoms with van der Waals surface area (Å²) in [6.45, 7) is 3.95. The second-order valence-electron chi connectivity index (χ2n) is 3.49. The van der Waals surface area contributed by atoms with E-state index in [9.17, 15) is 8.42 Å². The molecule has 15 heavy (non-hydrogen) atoms. The summed E-state index contributed by atoms with van der Waals surface area (Å²) in [5.74, 6) is -0.278. The number of aryl methyl sites for hydroxylation is 2. The predicted molar refractivity (Wildman–Crippen MR) is 60.5 cm³/mol. The molecule has 0 aliphatic heterocycles. The van der Waals surface area contributed by atoms with Gasteiger partial charge < -0.3 is 0 Å². The molecule has 0 aromatic heterocycles. The van der Waals surface area contributed by atoms with Gasteiger partial charge in [0, 0.05) is 0 Å². The molecule has 1 N–H and O–H groups in total. The standard InChI is InChI=1S/C11H16O3S/c1-3-9-6-5-7-10(4-2)11(9)8-15(12,13)14/h5-7H,3-4,8H2,1-2H3,(H,12,13,14). The van der Waals surface area contributed by atoms with Crippen molar-refractivity contribution >= 4 is 10.1 Å². The van der Waals surface area contributed by atoms with Crippen LogP contribution in [-0.2, 0) is 28.7 Å². The van der Waals surface area contributed by atoms with Crippen molar-refractivity contribution in [1.82, 2.24) is 0 Å². The average molecular weight is 228 g/mol. The van der Waals surface area contributed by atoms with Gasteiger partial charge in [-0.15, -0.1) is 0 Å². The molecule has 0 amide bonds. The molecule has 0 atom stereocenters. The van der Waals surface area contributed by atoms with Crippen LogP contribution in [0.1, 0.15) is 30.5 Å². The highest BCUT2D eigenvalue weighted by molar-refractivity contribution is 7.85. The summed E-state index contributed by atoms with van der Waals surface area (Å²) in [5, 5.41) is 0. The molecule has 0 radical (unpaired) electrons. The summed E-state index contributed by atoms with van der Waals surface area (Å²) in [6, 6.07) is 5.73. The zero-order valence-electron chi connectivity index (χ0n) is 9.03. The van der Waals surface area contributed by atoms with E-state index in [4.69, 9.17) is 4.55 Å². The smallest absolute Gasteiger partial charge is 0.269 e. The maximum Gasteiger partial charge on any atom is 0.269 e. The first-order chi connectivity index (χ1) is 6.98. The van der Waals surface area contributed by atoms with Crippen LogP contribution in [0.3, 0.4) is 0 Å². The van der Waals surface area contributed by atoms with Crippen LogP contribution in [0.4, 0.5) is 0 Å². The highest BCUT2D eigenvalue weighted by atomic mass is 32.2. The Kier molecular flexibility index (Phi) is 3.88. The number of hydrogen-bond donors (Lipinski definition) is 1. The monoisotopic (exact) mass is 228 g/mol. The van der Waals surface area contributed by atoms with Gasteiger partial charge >= 0.3 is 0 Å². The molecule has 0 fully saturated rings. The average Bonchev–Trinajstić information content (AvgIpc) is 2.16. The van der Waals surface area contributed by atoms with E-state index in [0.29, 0.717) is 0 Å². The third-order valence-electron chi connectivity index (χ3n) is 2.46. The summed E-state index contributed by atoms with van der Waals surface area (Å²) in [6.07, 6.45) is 1.55. The quantitative estimate of drug-likeness (QED) is 0.804. The zero-order chi connectivity index (χ0) is 11.5. The predicted octanol–water partition coefficient (Wildman–Crippen LogP) is 2.20. The van der Waals surface area contributed by atoms with Gasteiger partial charge in [0.05, 0.1) is 0 Å². The van der Waals surface area contributed by atoms with E-state index in [1.165, 1.54) is 0 Å². The van der Waals surface area contributed by atoms with E-state index < -0.39 is 10.1 Å². The van der Waals surface area contributed by atoms with Gasteiger partial charge in [-0.1, -0.05) is 32.0 Å². The second-order valence-corrected chi connectivity index (χ2v) is 4.94. The fraction of sp³-hybridized carbons (Fsp3) is 0.455. The van der Waals surface area contributed by atoms with E-state index in [-0.39, 0.29) is 5.75 Å². The van der Waals surface area contributed by atoms with Crippen LogP contribution >= 0.6 is 0 Å². The Morgan fingerprint density at radius 3 is 1.93 bits per heavy atom. The van der Waals surface area contributed by atoms with Crippen molar-refractivity contribution in [3.05, 3.63) is 34.9 Å². The van der Waals surface area contributed by atoms with Gasteiger partial charge in [0.1, 0.15) is 5.75 Å². The highest BCUT2D eigenvalue weighted by Gasteiger charge is 2.13. The van der Waals surface area contributed by atoms with E-state index in [1.54, 1.807) is 0 Å². The van der Waals surface area contributed by atoms with Crippen LogP contribution in [0.2, 0.25) is 0 Å². The van der Waals surface area contributed by atoms with Gasteiger partial charge in [0.2, 0.25) is 0 Å². The van der Waals surface area contributed by atoms with Crippen molar-refractivity contribution in [3.8, 4) is 0 Å². The SMILES string of the molecule is CCc1cccc(CC)c1CS(=O)(=O)O. The van der Waals surface area contributed by atoms with Crippen molar-refractivity contribution < 1.29 is 13.0 Å². The molecule has 0 heterocycles. The summed E-state index contributed by atoms with van der Waals surface area (Å²) >= 11 is 0. The van der Waals surface area contributed by atoms with Gasteiger partial charge in [-0.25, -0.2) is 0 Å². The first-order valence-electron chi connectivity index (χ1n) is 5.02. The minimum absolute atomic E-state index is 0.278. The molecule has 3 nitrogen and oxygen atoms in total. The summed E-state index contributed by atoms with van der Waals surface area (Å²) in [5.41, 5.74) is 2.74. The molecule has 0 aliphatic rings. The topological polar surface area (TPSA) is 54.4 Å². The molecule has 0 unspecified atom stereocenters. The Balaban J connectivity index is 3.22. The maximum absolute atomic E-state index is 10.9. The Labute approximate surface area is 90.9 Å². The molecule has 4 heteroatoms. The fourth-order valence-corrected chi connectivity index (χ4v) is 2.45. The Bertz CT molecular complexity index is 413. The van der Waals surface area contributed by atoms with Crippen molar-refractivity contribution in [2.24, 2.45) is 0 Å². The summed E-state index contributed by atoms with van der Waals surface area (Å²) in [7, 11) is -3.94. The zero-order valence-corrected chi connectivity index (χ0v) is 9.84. The van der Waals surface area contributed by atoms with Gasteiger partial charge in [0.25, 0.3) is 10.1 Å². The van der Waals surface area contributed by atoms with Crippen molar-refractivity contribution in [3.63, 3.8) is 0 Å². The van der Waals surface area contributed by atoms with E-state index in [0.717, 1.165) is 29.5 Å². The molecule has 1 rings (SSSR count). The lowest BCUT2D eigenvalue weighted by Crippen LogP contribution is -2.07. The lowest BCUT2D eigenvalue weighted by molar-refractivity contribution is 0.481. The molecule has 0 bridgehead atoms. The maximum atomic E-state index is 10.9. The number of rotatable bonds is 4. The van der Waals surface area contributed by atoms with Gasteiger partial charge in [0.15, 0.2) is 0 Å². The van der Waals surface area contributed by atoms with Crippen LogP contribution in [0.25, 0.3) is 0 Å². The minimum Gasteiger partial charge on any atom is -0.285 e. The highest BCUT2D eigenvalue weighted by Crippen LogP contribution is 2.18. The van der Waals surface area contributed by atoms with Crippen molar-refractivity contribution in [2.75, 3.05) is 0 Å². The lowest BCUT2D eigenvalue weighted by Gasteiger charge is -2.11. The Morgan fingerprint density at radius 1 is 1.13 bits per heavy atom. The third-order valence-corrected chi connectivity index (χ3v) is 3.11. The van der Waals surface area contributed by atoms with Crippen molar-refractivity contribution in [2.45, 2.75) is 32.4 Å². The van der Waals surface area contributed by atoms with Crippen LogP contribution in [-0.4, -0.2) is 13.0 Å². The molecular formula is C11H16O3S. The molecule has 1 aromatic carbocycles. The van der Waals surface area contributed by atoms with Gasteiger partial charge in [-0.05, 0) is 29.5 Å². The van der Waals surface area contributed by atoms with Crippen LogP contribution in [0.5, 0.6) is 0 Å². The Hall–Kier alpha value is -0.870. The molecular weight excluding hydrogens is 212 g/mol. The molecule has 0 saturated carbocycles. The van der Waals surface area contributed by atoms with Crippen LogP contribution < -0.4 is 0 Å². The molecule has 0 aliphatic carbocycles. The normalized spacial score (nSPS) is 11.7. The molecule has 84 valence electrons. The second kappa shape index (κ2) is 4.77. The fourth-order valence-electron chi connectivity index (χ4n) is 1.72. The van der Waals surface area contributed by atoms with E-state index in [2.05, 4.69) is 0 Å². The number of benzene rings is 1. The van der Waals surface area contributed by atoms with Crippen molar-refractivity contribution in [1.29, 1.82) is 0 Å². The largest absolute Gasteiger partial charge is 0.285 e. The molecule has 1 aromatic rings. The third kappa shape index (κ3) is 3.32. The van der Waals surface area contributed by atoms with Crippen LogP contribution in [0, 0.1) is 0 Å². The first-order valence-corrected chi connectivity index (χ1v) is 6.63. The summed E-state index contributed by atoms with van der Waals surface area (Å²) < 4.78 is 30.7. The van der Waals surface area contributed by atoms with Gasteiger partial charge in [-0.2, -0.15) is 8.42 Å². The number of hydrogen-bond acceptors (Lipinski definition) is 2. The van der Waals surface area contributed by atoms with Gasteiger partial charge in [-0.3, -0.25) is 4.55 Å². The summed E-state index contributed by atoms with van der Waals surface area (Å²) in [4.78, 5) is 0. The minimum atomic E-state index is -3.94. The van der Waals surface area contributed by atoms with E-state index >= 15 is 0 Å². The Morgan fingerprint density at radius 2 is 1.60 bits per heavy atom. The first kappa shape index (κ1) is 12.2. The lowest BCUT2D eigenvalue weighted by atomic mass is 9.99. The molecule has 0 spiro atoms. The van der Waals surface area contributed by atoms with E-state index in [1.807, 2.05) is 32.0 Å².